The minimum Gasteiger partial charge on any atom is -0.310 e. The molecule has 0 unspecified atom stereocenters. The second-order valence-electron chi connectivity index (χ2n) is 12.2. The van der Waals surface area contributed by atoms with Crippen molar-refractivity contribution >= 4 is 75.9 Å². The topological polar surface area (TPSA) is 7.65 Å². The second kappa shape index (κ2) is 10.3. The van der Waals surface area contributed by atoms with E-state index in [4.69, 9.17) is 0 Å². The maximum Gasteiger partial charge on any atom is 0.109 e. The Bertz CT molecular complexity index is 2610. The van der Waals surface area contributed by atoms with Gasteiger partial charge in [-0.1, -0.05) is 121 Å². The maximum absolute atomic E-state index is 2.50. The Morgan fingerprint density at radius 2 is 0.915 bits per heavy atom. The van der Waals surface area contributed by atoms with E-state index in [-0.39, 0.29) is 0 Å². The first-order valence-electron chi connectivity index (χ1n) is 16.0. The monoisotopic (exact) mass is 616 g/mol. The van der Waals surface area contributed by atoms with Crippen molar-refractivity contribution in [1.29, 1.82) is 0 Å². The van der Waals surface area contributed by atoms with Crippen molar-refractivity contribution in [3.05, 3.63) is 170 Å². The van der Waals surface area contributed by atoms with Crippen LogP contribution in [-0.4, -0.2) is 4.40 Å². The van der Waals surface area contributed by atoms with E-state index < -0.39 is 0 Å². The van der Waals surface area contributed by atoms with E-state index >= 15 is 0 Å². The van der Waals surface area contributed by atoms with E-state index in [2.05, 4.69) is 179 Å². The number of aromatic nitrogens is 1. The van der Waals surface area contributed by atoms with Crippen LogP contribution in [0.4, 0.5) is 17.1 Å². The van der Waals surface area contributed by atoms with E-state index in [1.807, 2.05) is 11.3 Å². The summed E-state index contributed by atoms with van der Waals surface area (Å²) in [5.74, 6) is 0. The summed E-state index contributed by atoms with van der Waals surface area (Å²) < 4.78 is 3.82. The fourth-order valence-electron chi connectivity index (χ4n) is 7.38. The third-order valence-electron chi connectivity index (χ3n) is 9.53. The Labute approximate surface area is 276 Å². The van der Waals surface area contributed by atoms with Gasteiger partial charge in [-0.25, -0.2) is 0 Å². The van der Waals surface area contributed by atoms with Crippen molar-refractivity contribution in [3.63, 3.8) is 0 Å². The summed E-state index contributed by atoms with van der Waals surface area (Å²) in [6, 6.07) is 61.7. The molecule has 10 aromatic rings. The molecule has 7 aromatic carbocycles. The molecule has 220 valence electrons. The zero-order chi connectivity index (χ0) is 30.9. The van der Waals surface area contributed by atoms with Crippen LogP contribution in [0.3, 0.4) is 0 Å². The summed E-state index contributed by atoms with van der Waals surface area (Å²) in [5, 5.41) is 6.54. The third-order valence-corrected chi connectivity index (χ3v) is 10.7. The molecule has 10 rings (SSSR count). The van der Waals surface area contributed by atoms with Gasteiger partial charge in [-0.15, -0.1) is 11.3 Å². The number of fused-ring (bicyclic) bond motifs is 8. The van der Waals surface area contributed by atoms with Crippen LogP contribution in [-0.2, 0) is 0 Å². The van der Waals surface area contributed by atoms with Gasteiger partial charge in [0.2, 0.25) is 0 Å². The summed E-state index contributed by atoms with van der Waals surface area (Å²) in [6.07, 6.45) is 0. The largest absolute Gasteiger partial charge is 0.310 e. The molecule has 47 heavy (non-hydrogen) atoms. The highest BCUT2D eigenvalue weighted by Gasteiger charge is 2.23. The molecule has 0 amide bonds. The Morgan fingerprint density at radius 1 is 0.404 bits per heavy atom. The average Bonchev–Trinajstić information content (AvgIpc) is 3.79. The fraction of sp³-hybridized carbons (Fsp3) is 0. The SMILES string of the molecule is c1ccc(-c2ccc(N(c3ccc(-c4ccccc4)cc3)c3cc4c5ccccc5n5c6sc7ccccc7c6c(c3)c45)cc2)cc1. The van der Waals surface area contributed by atoms with Crippen molar-refractivity contribution in [2.75, 3.05) is 4.90 Å². The van der Waals surface area contributed by atoms with Crippen LogP contribution in [0.1, 0.15) is 0 Å². The van der Waals surface area contributed by atoms with Gasteiger partial charge in [0.1, 0.15) is 4.83 Å². The number of benzene rings is 7. The van der Waals surface area contributed by atoms with Crippen LogP contribution >= 0.6 is 11.3 Å². The second-order valence-corrected chi connectivity index (χ2v) is 13.2. The molecule has 3 aromatic heterocycles. The summed E-state index contributed by atoms with van der Waals surface area (Å²) in [4.78, 5) is 3.73. The van der Waals surface area contributed by atoms with Gasteiger partial charge in [0, 0.05) is 48.7 Å². The molecule has 0 saturated heterocycles. The number of hydrogen-bond donors (Lipinski definition) is 0. The van der Waals surface area contributed by atoms with Crippen molar-refractivity contribution in [3.8, 4) is 22.3 Å². The molecular weight excluding hydrogens is 589 g/mol. The molecule has 0 aliphatic rings. The summed E-state index contributed by atoms with van der Waals surface area (Å²) >= 11 is 1.89. The number of anilines is 3. The standard InChI is InChI=1S/C44H28N2S/c1-3-11-29(12-4-1)31-19-23-33(24-20-31)45(34-25-21-32(22-26-34)30-13-5-2-6-14-30)35-27-38-36-15-7-9-17-40(36)46-43(38)39(28-35)42-37-16-8-10-18-41(37)47-44(42)46/h1-28H. The molecule has 0 atom stereocenters. The highest BCUT2D eigenvalue weighted by Crippen LogP contribution is 2.48. The van der Waals surface area contributed by atoms with Crippen molar-refractivity contribution < 1.29 is 0 Å². The Morgan fingerprint density at radius 3 is 1.55 bits per heavy atom. The van der Waals surface area contributed by atoms with Gasteiger partial charge in [-0.3, -0.25) is 4.40 Å². The van der Waals surface area contributed by atoms with Crippen molar-refractivity contribution in [1.82, 2.24) is 4.40 Å². The number of nitrogens with zero attached hydrogens (tertiary/aromatic N) is 2. The summed E-state index contributed by atoms with van der Waals surface area (Å²) in [5.41, 5.74) is 10.8. The highest BCUT2D eigenvalue weighted by molar-refractivity contribution is 7.25. The number of hydrogen-bond acceptors (Lipinski definition) is 2. The van der Waals surface area contributed by atoms with Crippen LogP contribution in [0.15, 0.2) is 170 Å². The van der Waals surface area contributed by atoms with Gasteiger partial charge in [-0.2, -0.15) is 0 Å². The lowest BCUT2D eigenvalue weighted by molar-refractivity contribution is 1.29. The molecular formula is C44H28N2S. The van der Waals surface area contributed by atoms with Crippen molar-refractivity contribution in [2.45, 2.75) is 0 Å². The van der Waals surface area contributed by atoms with Gasteiger partial charge in [0.15, 0.2) is 0 Å². The van der Waals surface area contributed by atoms with Crippen LogP contribution in [0.2, 0.25) is 0 Å². The molecule has 0 saturated carbocycles. The molecule has 0 spiro atoms. The quantitative estimate of drug-likeness (QED) is 0.187. The lowest BCUT2D eigenvalue weighted by atomic mass is 10.0. The first kappa shape index (κ1) is 26.3. The average molecular weight is 617 g/mol. The van der Waals surface area contributed by atoms with Crippen LogP contribution in [0.25, 0.3) is 69.7 Å². The van der Waals surface area contributed by atoms with Crippen LogP contribution < -0.4 is 4.90 Å². The van der Waals surface area contributed by atoms with E-state index in [1.165, 1.54) is 69.7 Å². The van der Waals surface area contributed by atoms with Gasteiger partial charge in [0.05, 0.1) is 11.0 Å². The maximum atomic E-state index is 2.50. The van der Waals surface area contributed by atoms with Gasteiger partial charge >= 0.3 is 0 Å². The first-order chi connectivity index (χ1) is 23.3. The van der Waals surface area contributed by atoms with Gasteiger partial charge in [-0.05, 0) is 70.8 Å². The highest BCUT2D eigenvalue weighted by atomic mass is 32.1. The third kappa shape index (κ3) is 4.04. The number of para-hydroxylation sites is 1. The van der Waals surface area contributed by atoms with E-state index in [9.17, 15) is 0 Å². The molecule has 0 aliphatic heterocycles. The minimum atomic E-state index is 1.13. The van der Waals surface area contributed by atoms with Gasteiger partial charge in [0.25, 0.3) is 0 Å². The lowest BCUT2D eigenvalue weighted by Crippen LogP contribution is -2.10. The molecule has 3 heterocycles. The van der Waals surface area contributed by atoms with E-state index in [1.54, 1.807) is 0 Å². The zero-order valence-electron chi connectivity index (χ0n) is 25.5. The minimum absolute atomic E-state index is 1.13. The normalized spacial score (nSPS) is 11.8. The molecule has 0 bridgehead atoms. The molecule has 0 N–H and O–H groups in total. The van der Waals surface area contributed by atoms with Crippen LogP contribution in [0.5, 0.6) is 0 Å². The Kier molecular flexibility index (Phi) is 5.78. The fourth-order valence-corrected chi connectivity index (χ4v) is 8.62. The van der Waals surface area contributed by atoms with Gasteiger partial charge < -0.3 is 4.90 Å². The Hall–Kier alpha value is -5.90. The summed E-state index contributed by atoms with van der Waals surface area (Å²) in [6.45, 7) is 0. The zero-order valence-corrected chi connectivity index (χ0v) is 26.3. The summed E-state index contributed by atoms with van der Waals surface area (Å²) in [7, 11) is 0. The van der Waals surface area contributed by atoms with Crippen LogP contribution in [0, 0.1) is 0 Å². The molecule has 0 fully saturated rings. The predicted octanol–water partition coefficient (Wildman–Crippen LogP) is 12.9. The number of thiophene rings is 1. The Balaban J connectivity index is 1.24. The molecule has 0 radical (unpaired) electrons. The smallest absolute Gasteiger partial charge is 0.109 e. The predicted molar refractivity (Wildman–Crippen MR) is 202 cm³/mol. The molecule has 3 heteroatoms. The van der Waals surface area contributed by atoms with Crippen molar-refractivity contribution in [2.24, 2.45) is 0 Å². The number of rotatable bonds is 5. The van der Waals surface area contributed by atoms with E-state index in [0.29, 0.717) is 0 Å². The molecule has 0 aliphatic carbocycles. The lowest BCUT2D eigenvalue weighted by Gasteiger charge is -2.26. The molecule has 2 nitrogen and oxygen atoms in total. The first-order valence-corrected chi connectivity index (χ1v) is 16.8. The van der Waals surface area contributed by atoms with E-state index in [0.717, 1.165) is 17.1 Å².